The highest BCUT2D eigenvalue weighted by molar-refractivity contribution is 7.54. The third-order valence-corrected chi connectivity index (χ3v) is 3.30. The van der Waals surface area contributed by atoms with Gasteiger partial charge in [-0.25, -0.2) is 14.5 Å². The van der Waals surface area contributed by atoms with Crippen LogP contribution < -0.4 is 10.8 Å². The summed E-state index contributed by atoms with van der Waals surface area (Å²) >= 11 is 0. The average molecular weight is 285 g/mol. The summed E-state index contributed by atoms with van der Waals surface area (Å²) in [6.45, 7) is 1.67. The number of carbonyl (C=O) groups is 1. The van der Waals surface area contributed by atoms with E-state index in [2.05, 4.69) is 15.1 Å². The zero-order valence-electron chi connectivity index (χ0n) is 9.98. The molecule has 2 rings (SSSR count). The summed E-state index contributed by atoms with van der Waals surface area (Å²) in [5.41, 5.74) is 5.12. The molecule has 0 fully saturated rings. The van der Waals surface area contributed by atoms with Crippen molar-refractivity contribution in [3.8, 4) is 0 Å². The van der Waals surface area contributed by atoms with Gasteiger partial charge in [0.25, 0.3) is 5.91 Å². The minimum absolute atomic E-state index is 0.00549. The van der Waals surface area contributed by atoms with E-state index in [0.717, 1.165) is 0 Å². The molecule has 0 aliphatic rings. The Morgan fingerprint density at radius 3 is 3.05 bits per heavy atom. The number of anilines is 1. The number of amides is 1. The fourth-order valence-corrected chi connectivity index (χ4v) is 2.34. The Hall–Kier alpha value is -1.96. The molecule has 2 aromatic rings. The first kappa shape index (κ1) is 13.5. The van der Waals surface area contributed by atoms with Crippen LogP contribution in [0.25, 0.3) is 5.78 Å². The average Bonchev–Trinajstić information content (AvgIpc) is 2.73. The normalized spacial score (nSPS) is 14.2. The van der Waals surface area contributed by atoms with Crippen LogP contribution in [0.5, 0.6) is 0 Å². The Bertz CT molecular complexity index is 670. The molecule has 1 amide bonds. The minimum Gasteiger partial charge on any atom is -0.364 e. The van der Waals surface area contributed by atoms with Gasteiger partial charge in [-0.1, -0.05) is 0 Å². The molecule has 0 radical (unpaired) electrons. The van der Waals surface area contributed by atoms with Gasteiger partial charge in [0.05, 0.1) is 6.61 Å². The molecule has 2 heterocycles. The van der Waals surface area contributed by atoms with Crippen LogP contribution in [0.4, 0.5) is 5.82 Å². The van der Waals surface area contributed by atoms with Crippen molar-refractivity contribution in [2.45, 2.75) is 6.92 Å². The van der Waals surface area contributed by atoms with Crippen LogP contribution in [0.2, 0.25) is 0 Å². The van der Waals surface area contributed by atoms with Gasteiger partial charge in [-0.05, 0) is 13.0 Å². The lowest BCUT2D eigenvalue weighted by atomic mass is 10.5. The van der Waals surface area contributed by atoms with E-state index in [4.69, 9.17) is 10.3 Å². The maximum Gasteiger partial charge on any atom is 0.431 e. The second-order valence-corrected chi connectivity index (χ2v) is 5.06. The zero-order valence-corrected chi connectivity index (χ0v) is 10.9. The molecule has 0 aliphatic carbocycles. The zero-order chi connectivity index (χ0) is 14.0. The Morgan fingerprint density at radius 1 is 1.68 bits per heavy atom. The lowest BCUT2D eigenvalue weighted by molar-refractivity contribution is 0.0996. The van der Waals surface area contributed by atoms with E-state index in [1.807, 2.05) is 0 Å². The Morgan fingerprint density at radius 2 is 2.42 bits per heavy atom. The van der Waals surface area contributed by atoms with Gasteiger partial charge in [-0.15, -0.1) is 0 Å². The number of hydrogen-bond acceptors (Lipinski definition) is 5. The molecule has 4 N–H and O–H groups in total. The molecular weight excluding hydrogens is 273 g/mol. The molecule has 0 spiro atoms. The van der Waals surface area contributed by atoms with E-state index in [1.165, 1.54) is 22.9 Å². The van der Waals surface area contributed by atoms with Gasteiger partial charge in [0, 0.05) is 12.4 Å². The third kappa shape index (κ3) is 2.90. The van der Waals surface area contributed by atoms with E-state index < -0.39 is 13.7 Å². The van der Waals surface area contributed by atoms with Crippen molar-refractivity contribution in [2.24, 2.45) is 5.73 Å². The Kier molecular flexibility index (Phi) is 3.52. The number of hydrogen-bond donors (Lipinski definition) is 3. The van der Waals surface area contributed by atoms with Crippen molar-refractivity contribution in [2.75, 3.05) is 11.7 Å². The summed E-state index contributed by atoms with van der Waals surface area (Å²) in [4.78, 5) is 28.3. The van der Waals surface area contributed by atoms with Gasteiger partial charge in [0.1, 0.15) is 11.5 Å². The number of primary amides is 1. The standard InChI is InChI=1S/C9H12N5O4P/c1-2-18-19(16,17)13-7-3-4-11-9-12-6(8(10)15)5-14(7)9/h3-5H,2H2,1H3,(H2,10,15)(H2,13,16,17). The maximum absolute atomic E-state index is 11.6. The van der Waals surface area contributed by atoms with Gasteiger partial charge < -0.3 is 10.6 Å². The van der Waals surface area contributed by atoms with Crippen LogP contribution in [0.1, 0.15) is 17.4 Å². The van der Waals surface area contributed by atoms with Crippen LogP contribution in [-0.2, 0) is 9.09 Å². The van der Waals surface area contributed by atoms with E-state index >= 15 is 0 Å². The first-order valence-corrected chi connectivity index (χ1v) is 6.90. The topological polar surface area (TPSA) is 132 Å². The summed E-state index contributed by atoms with van der Waals surface area (Å²) < 4.78 is 17.7. The molecule has 0 aliphatic heterocycles. The largest absolute Gasteiger partial charge is 0.431 e. The number of aromatic nitrogens is 3. The molecule has 9 nitrogen and oxygen atoms in total. The van der Waals surface area contributed by atoms with Crippen molar-refractivity contribution < 1.29 is 18.8 Å². The molecule has 0 saturated carbocycles. The molecule has 0 aromatic carbocycles. The summed E-state index contributed by atoms with van der Waals surface area (Å²) in [6.07, 6.45) is 2.69. The number of nitrogens with two attached hydrogens (primary N) is 1. The quantitative estimate of drug-likeness (QED) is 0.676. The monoisotopic (exact) mass is 285 g/mol. The molecule has 102 valence electrons. The first-order valence-electron chi connectivity index (χ1n) is 5.32. The van der Waals surface area contributed by atoms with Crippen LogP contribution in [0.15, 0.2) is 18.5 Å². The molecule has 1 unspecified atom stereocenters. The Balaban J connectivity index is 2.43. The SMILES string of the molecule is CCOP(=O)(O)Nc1ccnc2nc(C(N)=O)cn12. The van der Waals surface area contributed by atoms with Gasteiger partial charge in [-0.2, -0.15) is 0 Å². The highest BCUT2D eigenvalue weighted by Gasteiger charge is 2.20. The van der Waals surface area contributed by atoms with Crippen LogP contribution >= 0.6 is 7.75 Å². The summed E-state index contributed by atoms with van der Waals surface area (Å²) in [6, 6.07) is 1.45. The molecule has 0 saturated heterocycles. The highest BCUT2D eigenvalue weighted by Crippen LogP contribution is 2.41. The van der Waals surface area contributed by atoms with Crippen LogP contribution in [0.3, 0.4) is 0 Å². The predicted molar refractivity (Wildman–Crippen MR) is 66.6 cm³/mol. The van der Waals surface area contributed by atoms with Gasteiger partial charge in [0.15, 0.2) is 0 Å². The number of nitrogens with zero attached hydrogens (tertiary/aromatic N) is 3. The second-order valence-electron chi connectivity index (χ2n) is 3.54. The van der Waals surface area contributed by atoms with E-state index in [9.17, 15) is 14.3 Å². The Labute approximate surface area is 108 Å². The molecule has 1 atom stereocenters. The number of carbonyl (C=O) groups excluding carboxylic acids is 1. The molecule has 0 bridgehead atoms. The predicted octanol–water partition coefficient (Wildman–Crippen LogP) is 0.377. The fourth-order valence-electron chi connectivity index (χ4n) is 1.46. The van der Waals surface area contributed by atoms with Gasteiger partial charge in [0.2, 0.25) is 5.78 Å². The first-order chi connectivity index (χ1) is 8.93. The summed E-state index contributed by atoms with van der Waals surface area (Å²) in [5.74, 6) is -0.326. The number of rotatable bonds is 5. The number of fused-ring (bicyclic) bond motifs is 1. The van der Waals surface area contributed by atoms with Crippen molar-refractivity contribution in [1.29, 1.82) is 0 Å². The molecule has 2 aromatic heterocycles. The lowest BCUT2D eigenvalue weighted by Gasteiger charge is -2.13. The lowest BCUT2D eigenvalue weighted by Crippen LogP contribution is -2.11. The molecule has 10 heteroatoms. The molecule has 19 heavy (non-hydrogen) atoms. The summed E-state index contributed by atoms with van der Waals surface area (Å²) in [5, 5.41) is 2.33. The van der Waals surface area contributed by atoms with Crippen molar-refractivity contribution >= 4 is 25.2 Å². The van der Waals surface area contributed by atoms with Crippen LogP contribution in [0, 0.1) is 0 Å². The maximum atomic E-state index is 11.6. The van der Waals surface area contributed by atoms with Crippen molar-refractivity contribution in [3.63, 3.8) is 0 Å². The minimum atomic E-state index is -3.98. The van der Waals surface area contributed by atoms with E-state index in [-0.39, 0.29) is 23.9 Å². The van der Waals surface area contributed by atoms with E-state index in [0.29, 0.717) is 0 Å². The van der Waals surface area contributed by atoms with Crippen molar-refractivity contribution in [1.82, 2.24) is 14.4 Å². The van der Waals surface area contributed by atoms with Gasteiger partial charge >= 0.3 is 7.75 Å². The van der Waals surface area contributed by atoms with Crippen molar-refractivity contribution in [3.05, 3.63) is 24.2 Å². The van der Waals surface area contributed by atoms with Crippen LogP contribution in [-0.4, -0.2) is 31.8 Å². The smallest absolute Gasteiger partial charge is 0.364 e. The van der Waals surface area contributed by atoms with Gasteiger partial charge in [-0.3, -0.25) is 18.8 Å². The highest BCUT2D eigenvalue weighted by atomic mass is 31.2. The fraction of sp³-hybridized carbons (Fsp3) is 0.222. The number of imidazole rings is 1. The van der Waals surface area contributed by atoms with E-state index in [1.54, 1.807) is 6.92 Å². The molecular formula is C9H12N5O4P. The second kappa shape index (κ2) is 4.96. The summed E-state index contributed by atoms with van der Waals surface area (Å²) in [7, 11) is -3.98. The third-order valence-electron chi connectivity index (χ3n) is 2.18. The number of nitrogens with one attached hydrogen (secondary N) is 1.